The maximum absolute atomic E-state index is 14.0. The van der Waals surface area contributed by atoms with Gasteiger partial charge in [0.05, 0.1) is 23.6 Å². The lowest BCUT2D eigenvalue weighted by molar-refractivity contribution is -0.127. The van der Waals surface area contributed by atoms with Gasteiger partial charge < -0.3 is 4.74 Å². The molecule has 1 aliphatic carbocycles. The molecule has 2 amide bonds. The number of rotatable bonds is 2. The highest BCUT2D eigenvalue weighted by atomic mass is 16.5. The number of hydrogen-bond donors (Lipinski definition) is 0. The molecule has 2 saturated heterocycles. The monoisotopic (exact) mass is 465 g/mol. The third-order valence-electron chi connectivity index (χ3n) is 7.39. The van der Waals surface area contributed by atoms with Crippen molar-refractivity contribution in [3.05, 3.63) is 100 Å². The molecule has 0 saturated carbocycles. The van der Waals surface area contributed by atoms with E-state index in [0.29, 0.717) is 11.3 Å². The van der Waals surface area contributed by atoms with E-state index in [2.05, 4.69) is 0 Å². The van der Waals surface area contributed by atoms with Gasteiger partial charge in [-0.15, -0.1) is 0 Å². The van der Waals surface area contributed by atoms with Crippen LogP contribution in [0.15, 0.2) is 66.7 Å². The fraction of sp³-hybridized carbons (Fsp3) is 0.241. The van der Waals surface area contributed by atoms with Crippen LogP contribution in [-0.2, 0) is 14.3 Å². The minimum atomic E-state index is -2.05. The predicted molar refractivity (Wildman–Crippen MR) is 128 cm³/mol. The number of nitrogens with zero attached hydrogens (tertiary/aromatic N) is 1. The summed E-state index contributed by atoms with van der Waals surface area (Å²) in [4.78, 5) is 56.6. The number of carbonyl (C=O) groups is 4. The fourth-order valence-corrected chi connectivity index (χ4v) is 5.91. The highest BCUT2D eigenvalue weighted by Gasteiger charge is 2.74. The molecule has 3 aromatic rings. The number of hydrogen-bond acceptors (Lipinski definition) is 5. The summed E-state index contributed by atoms with van der Waals surface area (Å²) in [6, 6.07) is 19.4. The Bertz CT molecular complexity index is 1400. The van der Waals surface area contributed by atoms with Gasteiger partial charge in [0.15, 0.2) is 0 Å². The molecule has 6 heteroatoms. The van der Waals surface area contributed by atoms with Crippen LogP contribution in [0.2, 0.25) is 0 Å². The average molecular weight is 466 g/mol. The molecule has 35 heavy (non-hydrogen) atoms. The minimum absolute atomic E-state index is 0.228. The van der Waals surface area contributed by atoms with Crippen LogP contribution in [0.4, 0.5) is 5.69 Å². The number of aryl methyl sites for hydroxylation is 3. The average Bonchev–Trinajstić information content (AvgIpc) is 3.39. The van der Waals surface area contributed by atoms with E-state index in [1.165, 1.54) is 0 Å². The van der Waals surface area contributed by atoms with Crippen molar-refractivity contribution < 1.29 is 23.9 Å². The van der Waals surface area contributed by atoms with E-state index in [4.69, 9.17) is 4.74 Å². The standard InChI is InChI=1S/C29H23NO5/c1-15-8-10-18(11-9-15)24-22-23(28(34)30(27(22)33)19-13-16(2)12-17(3)14-19)29(35-24)25(31)20-6-4-5-7-21(20)26(29)32/h4-14,22-24H,1-3H3/t22-,23+,24-/m1/s1. The van der Waals surface area contributed by atoms with E-state index >= 15 is 0 Å². The third-order valence-corrected chi connectivity index (χ3v) is 7.39. The summed E-state index contributed by atoms with van der Waals surface area (Å²) in [5.41, 5.74) is 2.33. The Morgan fingerprint density at radius 1 is 0.714 bits per heavy atom. The topological polar surface area (TPSA) is 80.8 Å². The first kappa shape index (κ1) is 21.6. The summed E-state index contributed by atoms with van der Waals surface area (Å²) >= 11 is 0. The van der Waals surface area contributed by atoms with Crippen LogP contribution >= 0.6 is 0 Å². The van der Waals surface area contributed by atoms with Gasteiger partial charge >= 0.3 is 0 Å². The van der Waals surface area contributed by atoms with Crippen molar-refractivity contribution in [2.24, 2.45) is 11.8 Å². The Labute approximate surface area is 202 Å². The summed E-state index contributed by atoms with van der Waals surface area (Å²) in [5, 5.41) is 0. The Hall–Kier alpha value is -3.90. The van der Waals surface area contributed by atoms with Crippen LogP contribution in [-0.4, -0.2) is 29.0 Å². The lowest BCUT2D eigenvalue weighted by Gasteiger charge is -2.27. The van der Waals surface area contributed by atoms with Gasteiger partial charge in [-0.1, -0.05) is 60.2 Å². The van der Waals surface area contributed by atoms with Crippen LogP contribution < -0.4 is 4.90 Å². The smallest absolute Gasteiger partial charge is 0.241 e. The van der Waals surface area contributed by atoms with Crippen molar-refractivity contribution in [2.45, 2.75) is 32.5 Å². The highest BCUT2D eigenvalue weighted by molar-refractivity contribution is 6.37. The molecule has 6 rings (SSSR count). The largest absolute Gasteiger partial charge is 0.349 e. The lowest BCUT2D eigenvalue weighted by atomic mass is 9.77. The van der Waals surface area contributed by atoms with Gasteiger partial charge in [0.2, 0.25) is 29.0 Å². The molecular formula is C29H23NO5. The lowest BCUT2D eigenvalue weighted by Crippen LogP contribution is -2.51. The first-order chi connectivity index (χ1) is 16.7. The van der Waals surface area contributed by atoms with Crippen molar-refractivity contribution in [3.63, 3.8) is 0 Å². The molecule has 0 N–H and O–H groups in total. The zero-order chi connectivity index (χ0) is 24.6. The van der Waals surface area contributed by atoms with Gasteiger partial charge in [-0.25, -0.2) is 4.90 Å². The Morgan fingerprint density at radius 3 is 1.86 bits per heavy atom. The predicted octanol–water partition coefficient (Wildman–Crippen LogP) is 4.31. The van der Waals surface area contributed by atoms with E-state index in [1.807, 2.05) is 51.1 Å². The molecule has 1 spiro atoms. The van der Waals surface area contributed by atoms with E-state index in [-0.39, 0.29) is 11.1 Å². The van der Waals surface area contributed by atoms with Gasteiger partial charge in [0.25, 0.3) is 0 Å². The molecule has 2 fully saturated rings. The zero-order valence-electron chi connectivity index (χ0n) is 19.6. The first-order valence-corrected chi connectivity index (χ1v) is 11.6. The number of fused-ring (bicyclic) bond motifs is 3. The summed E-state index contributed by atoms with van der Waals surface area (Å²) in [6.07, 6.45) is -0.907. The van der Waals surface area contributed by atoms with Crippen LogP contribution in [0.25, 0.3) is 0 Å². The first-order valence-electron chi connectivity index (χ1n) is 11.6. The molecule has 3 aromatic carbocycles. The van der Waals surface area contributed by atoms with Gasteiger partial charge in [0.1, 0.15) is 0 Å². The van der Waals surface area contributed by atoms with Crippen molar-refractivity contribution in [2.75, 3.05) is 4.90 Å². The van der Waals surface area contributed by atoms with Crippen molar-refractivity contribution in [1.29, 1.82) is 0 Å². The van der Waals surface area contributed by atoms with Gasteiger partial charge in [-0.2, -0.15) is 0 Å². The summed E-state index contributed by atoms with van der Waals surface area (Å²) in [6.45, 7) is 5.72. The van der Waals surface area contributed by atoms with Gasteiger partial charge in [-0.05, 0) is 49.6 Å². The number of anilines is 1. The van der Waals surface area contributed by atoms with E-state index < -0.39 is 46.9 Å². The fourth-order valence-electron chi connectivity index (χ4n) is 5.91. The zero-order valence-corrected chi connectivity index (χ0v) is 19.6. The molecule has 2 heterocycles. The Balaban J connectivity index is 1.55. The molecular weight excluding hydrogens is 442 g/mol. The number of carbonyl (C=O) groups excluding carboxylic acids is 4. The number of imide groups is 1. The van der Waals surface area contributed by atoms with E-state index in [1.54, 1.807) is 36.4 Å². The molecule has 0 unspecified atom stereocenters. The Morgan fingerprint density at radius 2 is 1.29 bits per heavy atom. The maximum atomic E-state index is 14.0. The minimum Gasteiger partial charge on any atom is -0.349 e. The molecule has 6 nitrogen and oxygen atoms in total. The summed E-state index contributed by atoms with van der Waals surface area (Å²) < 4.78 is 6.31. The highest BCUT2D eigenvalue weighted by Crippen LogP contribution is 2.57. The van der Waals surface area contributed by atoms with Crippen molar-refractivity contribution in [3.8, 4) is 0 Å². The van der Waals surface area contributed by atoms with Crippen LogP contribution in [0.3, 0.4) is 0 Å². The van der Waals surface area contributed by atoms with Crippen LogP contribution in [0.1, 0.15) is 49.1 Å². The summed E-state index contributed by atoms with van der Waals surface area (Å²) in [7, 11) is 0. The second kappa shape index (κ2) is 7.30. The number of Topliss-reactive ketones (excluding diaryl/α,β-unsaturated/α-hetero) is 2. The number of ether oxygens (including phenoxy) is 1. The van der Waals surface area contributed by atoms with Crippen molar-refractivity contribution >= 4 is 29.1 Å². The number of benzene rings is 3. The second-order valence-corrected chi connectivity index (χ2v) is 9.75. The van der Waals surface area contributed by atoms with Crippen LogP contribution in [0, 0.1) is 32.6 Å². The molecule has 3 atom stereocenters. The van der Waals surface area contributed by atoms with Gasteiger partial charge in [-0.3, -0.25) is 19.2 Å². The molecule has 0 aromatic heterocycles. The quantitative estimate of drug-likeness (QED) is 0.416. The molecule has 0 bridgehead atoms. The maximum Gasteiger partial charge on any atom is 0.241 e. The molecule has 3 aliphatic rings. The molecule has 2 aliphatic heterocycles. The SMILES string of the molecule is Cc1ccc([C@H]2OC3(C(=O)c4ccccc4C3=O)[C@@H]3C(=O)N(c4cc(C)cc(C)c4)C(=O)[C@@H]23)cc1. The van der Waals surface area contributed by atoms with Gasteiger partial charge in [0, 0.05) is 11.1 Å². The normalized spacial score (nSPS) is 24.4. The van der Waals surface area contributed by atoms with Crippen LogP contribution in [0.5, 0.6) is 0 Å². The summed E-state index contributed by atoms with van der Waals surface area (Å²) in [5.74, 6) is -4.36. The number of ketones is 2. The third kappa shape index (κ3) is 2.80. The van der Waals surface area contributed by atoms with E-state index in [0.717, 1.165) is 21.6 Å². The van der Waals surface area contributed by atoms with E-state index in [9.17, 15) is 19.2 Å². The second-order valence-electron chi connectivity index (χ2n) is 9.75. The molecule has 0 radical (unpaired) electrons. The Kier molecular flexibility index (Phi) is 4.51. The molecule has 174 valence electrons. The van der Waals surface area contributed by atoms with Crippen molar-refractivity contribution in [1.82, 2.24) is 0 Å². The number of amides is 2.